The Morgan fingerprint density at radius 2 is 2.20 bits per heavy atom. The molecule has 0 aliphatic rings. The lowest BCUT2D eigenvalue weighted by molar-refractivity contribution is -0.119. The third-order valence-corrected chi connectivity index (χ3v) is 2.91. The van der Waals surface area contributed by atoms with Crippen LogP contribution in [0.15, 0.2) is 18.2 Å². The molecule has 1 rings (SSSR count). The number of rotatable bonds is 8. The highest BCUT2D eigenvalue weighted by Gasteiger charge is 2.14. The fourth-order valence-electron chi connectivity index (χ4n) is 1.90. The molecule has 0 unspecified atom stereocenters. The van der Waals surface area contributed by atoms with Crippen molar-refractivity contribution < 1.29 is 13.9 Å². The van der Waals surface area contributed by atoms with Gasteiger partial charge in [-0.1, -0.05) is 12.1 Å². The molecular weight excluding hydrogens is 261 g/mol. The van der Waals surface area contributed by atoms with Crippen LogP contribution < -0.4 is 15.5 Å². The maximum absolute atomic E-state index is 14.0. The molecule has 6 heteroatoms. The van der Waals surface area contributed by atoms with Crippen LogP contribution in [0.5, 0.6) is 0 Å². The molecule has 0 aromatic heterocycles. The number of para-hydroxylation sites is 1. The summed E-state index contributed by atoms with van der Waals surface area (Å²) in [6.07, 6.45) is 0. The number of halogens is 1. The fraction of sp³-hybridized carbons (Fsp3) is 0.500. The van der Waals surface area contributed by atoms with Gasteiger partial charge in [0.1, 0.15) is 5.82 Å². The van der Waals surface area contributed by atoms with E-state index in [9.17, 15) is 9.18 Å². The summed E-state index contributed by atoms with van der Waals surface area (Å²) in [7, 11) is 4.89. The van der Waals surface area contributed by atoms with Crippen LogP contribution in [0.1, 0.15) is 5.56 Å². The van der Waals surface area contributed by atoms with Crippen molar-refractivity contribution in [3.63, 3.8) is 0 Å². The summed E-state index contributed by atoms with van der Waals surface area (Å²) in [4.78, 5) is 13.0. The second kappa shape index (κ2) is 8.50. The highest BCUT2D eigenvalue weighted by Crippen LogP contribution is 2.23. The average molecular weight is 283 g/mol. The molecule has 0 radical (unpaired) electrons. The number of hydrogen-bond donors (Lipinski definition) is 2. The normalized spacial score (nSPS) is 10.4. The number of methoxy groups -OCH3 is 1. The second-order valence-electron chi connectivity index (χ2n) is 4.45. The summed E-state index contributed by atoms with van der Waals surface area (Å²) in [6.45, 7) is 1.92. The zero-order valence-corrected chi connectivity index (χ0v) is 12.2. The molecule has 1 aromatic rings. The molecular formula is C14H22FN3O2. The van der Waals surface area contributed by atoms with Gasteiger partial charge in [-0.3, -0.25) is 4.79 Å². The maximum atomic E-state index is 14.0. The Labute approximate surface area is 119 Å². The summed E-state index contributed by atoms with van der Waals surface area (Å²) in [5.74, 6) is -0.489. The van der Waals surface area contributed by atoms with Crippen molar-refractivity contribution in [1.82, 2.24) is 10.6 Å². The zero-order chi connectivity index (χ0) is 15.0. The van der Waals surface area contributed by atoms with Gasteiger partial charge in [-0.2, -0.15) is 0 Å². The third kappa shape index (κ3) is 4.79. The summed E-state index contributed by atoms with van der Waals surface area (Å²) >= 11 is 0. The van der Waals surface area contributed by atoms with Crippen molar-refractivity contribution in [1.29, 1.82) is 0 Å². The van der Waals surface area contributed by atoms with E-state index < -0.39 is 0 Å². The molecule has 5 nitrogen and oxygen atoms in total. The van der Waals surface area contributed by atoms with Crippen molar-refractivity contribution in [2.75, 3.05) is 45.8 Å². The number of hydrogen-bond acceptors (Lipinski definition) is 4. The van der Waals surface area contributed by atoms with Crippen LogP contribution in [-0.4, -0.2) is 46.8 Å². The lowest BCUT2D eigenvalue weighted by Gasteiger charge is -2.22. The van der Waals surface area contributed by atoms with Gasteiger partial charge >= 0.3 is 0 Å². The smallest absolute Gasteiger partial charge is 0.239 e. The summed E-state index contributed by atoms with van der Waals surface area (Å²) in [5.41, 5.74) is 1.26. The molecule has 0 atom stereocenters. The molecule has 0 bridgehead atoms. The second-order valence-corrected chi connectivity index (χ2v) is 4.45. The van der Waals surface area contributed by atoms with E-state index in [0.29, 0.717) is 25.4 Å². The van der Waals surface area contributed by atoms with Crippen LogP contribution >= 0.6 is 0 Å². The van der Waals surface area contributed by atoms with Crippen molar-refractivity contribution in [3.05, 3.63) is 29.6 Å². The molecule has 0 heterocycles. The van der Waals surface area contributed by atoms with Gasteiger partial charge in [-0.15, -0.1) is 0 Å². The van der Waals surface area contributed by atoms with E-state index in [1.807, 2.05) is 6.07 Å². The van der Waals surface area contributed by atoms with Gasteiger partial charge < -0.3 is 20.3 Å². The molecule has 0 aliphatic heterocycles. The first-order chi connectivity index (χ1) is 9.60. The standard InChI is InChI=1S/C14H22FN3O2/c1-16-13(19)10-18(2)14-11(5-4-6-12(14)15)9-17-7-8-20-3/h4-6,17H,7-10H2,1-3H3,(H,16,19). The minimum atomic E-state index is -0.331. The topological polar surface area (TPSA) is 53.6 Å². The quantitative estimate of drug-likeness (QED) is 0.691. The van der Waals surface area contributed by atoms with Crippen LogP contribution in [0.2, 0.25) is 0 Å². The Morgan fingerprint density at radius 1 is 1.45 bits per heavy atom. The number of carbonyl (C=O) groups excluding carboxylic acids is 1. The number of ether oxygens (including phenoxy) is 1. The predicted octanol–water partition coefficient (Wildman–Crippen LogP) is 0.744. The average Bonchev–Trinajstić information content (AvgIpc) is 2.43. The minimum Gasteiger partial charge on any atom is -0.383 e. The third-order valence-electron chi connectivity index (χ3n) is 2.91. The van der Waals surface area contributed by atoms with Gasteiger partial charge in [0.05, 0.1) is 18.8 Å². The summed E-state index contributed by atoms with van der Waals surface area (Å²) < 4.78 is 19.0. The Bertz CT molecular complexity index is 440. The van der Waals surface area contributed by atoms with Gasteiger partial charge in [-0.05, 0) is 11.6 Å². The SMILES string of the molecule is CNC(=O)CN(C)c1c(F)cccc1CNCCOC. The first-order valence-electron chi connectivity index (χ1n) is 6.49. The number of anilines is 1. The molecule has 0 aliphatic carbocycles. The lowest BCUT2D eigenvalue weighted by Crippen LogP contribution is -2.34. The summed E-state index contributed by atoms with van der Waals surface area (Å²) in [5, 5.41) is 5.70. The van der Waals surface area contributed by atoms with Crippen molar-refractivity contribution in [2.24, 2.45) is 0 Å². The molecule has 2 N–H and O–H groups in total. The van der Waals surface area contributed by atoms with Gasteiger partial charge in [0.25, 0.3) is 0 Å². The van der Waals surface area contributed by atoms with Gasteiger partial charge in [0.2, 0.25) is 5.91 Å². The van der Waals surface area contributed by atoms with Crippen LogP contribution in [0.4, 0.5) is 10.1 Å². The Hall–Kier alpha value is -1.66. The Morgan fingerprint density at radius 3 is 2.85 bits per heavy atom. The number of benzene rings is 1. The van der Waals surface area contributed by atoms with Gasteiger partial charge in [0, 0.05) is 34.3 Å². The molecule has 112 valence electrons. The number of likely N-dealkylation sites (N-methyl/N-ethyl adjacent to an activating group) is 2. The van der Waals surface area contributed by atoms with E-state index in [1.54, 1.807) is 32.2 Å². The van der Waals surface area contributed by atoms with Crippen LogP contribution in [-0.2, 0) is 16.1 Å². The van der Waals surface area contributed by atoms with E-state index >= 15 is 0 Å². The predicted molar refractivity (Wildman–Crippen MR) is 77.3 cm³/mol. The zero-order valence-electron chi connectivity index (χ0n) is 12.2. The van der Waals surface area contributed by atoms with E-state index in [2.05, 4.69) is 10.6 Å². The van der Waals surface area contributed by atoms with Gasteiger partial charge in [0.15, 0.2) is 0 Å². The first kappa shape index (κ1) is 16.4. The number of carbonyl (C=O) groups is 1. The fourth-order valence-corrected chi connectivity index (χ4v) is 1.90. The Kier molecular flexibility index (Phi) is 6.97. The molecule has 0 saturated carbocycles. The molecule has 1 aromatic carbocycles. The van der Waals surface area contributed by atoms with E-state index in [-0.39, 0.29) is 18.3 Å². The van der Waals surface area contributed by atoms with Crippen LogP contribution in [0.3, 0.4) is 0 Å². The monoisotopic (exact) mass is 283 g/mol. The highest BCUT2D eigenvalue weighted by atomic mass is 19.1. The maximum Gasteiger partial charge on any atom is 0.239 e. The van der Waals surface area contributed by atoms with Crippen molar-refractivity contribution in [3.8, 4) is 0 Å². The molecule has 1 amide bonds. The molecule has 0 spiro atoms. The van der Waals surface area contributed by atoms with Crippen molar-refractivity contribution >= 4 is 11.6 Å². The van der Waals surface area contributed by atoms with Crippen molar-refractivity contribution in [2.45, 2.75) is 6.54 Å². The molecule has 0 fully saturated rings. The number of amides is 1. The minimum absolute atomic E-state index is 0.114. The van der Waals surface area contributed by atoms with Crippen LogP contribution in [0, 0.1) is 5.82 Å². The van der Waals surface area contributed by atoms with Gasteiger partial charge in [-0.25, -0.2) is 4.39 Å². The van der Waals surface area contributed by atoms with E-state index in [0.717, 1.165) is 5.56 Å². The molecule has 0 saturated heterocycles. The van der Waals surface area contributed by atoms with E-state index in [1.165, 1.54) is 6.07 Å². The first-order valence-corrected chi connectivity index (χ1v) is 6.49. The van der Waals surface area contributed by atoms with Crippen LogP contribution in [0.25, 0.3) is 0 Å². The van der Waals surface area contributed by atoms with E-state index in [4.69, 9.17) is 4.74 Å². The molecule has 20 heavy (non-hydrogen) atoms. The summed E-state index contributed by atoms with van der Waals surface area (Å²) in [6, 6.07) is 4.91. The lowest BCUT2D eigenvalue weighted by atomic mass is 10.1. The number of nitrogens with one attached hydrogen (secondary N) is 2. The largest absolute Gasteiger partial charge is 0.383 e. The highest BCUT2D eigenvalue weighted by molar-refractivity contribution is 5.81. The number of nitrogens with zero attached hydrogens (tertiary/aromatic N) is 1. The Balaban J connectivity index is 2.79.